The molecule has 2 atom stereocenters. The number of hydrogen-bond acceptors (Lipinski definition) is 4. The van der Waals surface area contributed by atoms with Gasteiger partial charge in [-0.15, -0.1) is 5.73 Å². The fourth-order valence-electron chi connectivity index (χ4n) is 12.2. The average Bonchev–Trinajstić information content (AvgIpc) is 3.63. The molecule has 2 heterocycles. The lowest BCUT2D eigenvalue weighted by Crippen LogP contribution is -2.24. The van der Waals surface area contributed by atoms with Crippen molar-refractivity contribution in [1.29, 1.82) is 10.5 Å². The minimum Gasteiger partial charge on any atom is -0.313 e. The Kier molecular flexibility index (Phi) is 13.7. The molecule has 4 nitrogen and oxygen atoms in total. The van der Waals surface area contributed by atoms with Crippen LogP contribution >= 0.6 is 0 Å². The van der Waals surface area contributed by atoms with Crippen molar-refractivity contribution >= 4 is 33.9 Å². The molecule has 5 aliphatic rings. The fourth-order valence-corrected chi connectivity index (χ4v) is 12.2. The Morgan fingerprint density at radius 1 is 0.500 bits per heavy atom. The first-order chi connectivity index (χ1) is 37.3. The van der Waals surface area contributed by atoms with Gasteiger partial charge in [0.1, 0.15) is 0 Å². The lowest BCUT2D eigenvalue weighted by Gasteiger charge is -2.32. The van der Waals surface area contributed by atoms with E-state index in [0.29, 0.717) is 24.0 Å². The van der Waals surface area contributed by atoms with Gasteiger partial charge < -0.3 is 9.80 Å². The normalized spacial score (nSPS) is 24.9. The lowest BCUT2D eigenvalue weighted by atomic mass is 9.75. The summed E-state index contributed by atoms with van der Waals surface area (Å²) < 4.78 is 0. The molecule has 11 rings (SSSR count). The fraction of sp³-hybridized carbons (Fsp3) is 0.194. The van der Waals surface area contributed by atoms with E-state index < -0.39 is 0 Å². The summed E-state index contributed by atoms with van der Waals surface area (Å²) in [6.07, 6.45) is 23.2. The zero-order valence-corrected chi connectivity index (χ0v) is 44.1. The van der Waals surface area contributed by atoms with Crippen LogP contribution in [0, 0.1) is 22.7 Å². The molecule has 0 saturated carbocycles. The van der Waals surface area contributed by atoms with E-state index in [-0.39, 0.29) is 17.3 Å². The zero-order valence-electron chi connectivity index (χ0n) is 44.1. The molecule has 4 heteroatoms. The number of para-hydroxylation sites is 4. The Bertz CT molecular complexity index is 3750. The van der Waals surface area contributed by atoms with Crippen LogP contribution in [0.3, 0.4) is 0 Å². The van der Waals surface area contributed by atoms with Crippen LogP contribution in [0.15, 0.2) is 263 Å². The van der Waals surface area contributed by atoms with Gasteiger partial charge in [-0.2, -0.15) is 10.5 Å². The molecule has 3 aliphatic carbocycles. The van der Waals surface area contributed by atoms with Crippen LogP contribution < -0.4 is 9.80 Å². The lowest BCUT2D eigenvalue weighted by molar-refractivity contribution is 0.456. The van der Waals surface area contributed by atoms with Crippen LogP contribution in [0.2, 0.25) is 0 Å². The molecule has 0 bridgehead atoms. The van der Waals surface area contributed by atoms with E-state index in [1.54, 1.807) is 0 Å². The van der Waals surface area contributed by atoms with Crippen molar-refractivity contribution in [2.24, 2.45) is 0 Å². The van der Waals surface area contributed by atoms with Gasteiger partial charge in [-0.1, -0.05) is 185 Å². The quantitative estimate of drug-likeness (QED) is 0.113. The third-order valence-electron chi connectivity index (χ3n) is 16.6. The number of benzene rings is 6. The van der Waals surface area contributed by atoms with Crippen molar-refractivity contribution in [3.05, 3.63) is 296 Å². The predicted molar refractivity (Wildman–Crippen MR) is 314 cm³/mol. The first kappa shape index (κ1) is 49.3. The SMILES string of the molecule is CCC1(C)Cc2ccccc2N(C2=C=CC=C=C(/C3=C(c4ccccc4)/C(c4ccccc4)=C(/C4=C/C=C(/N5c6ccccc6CC(C)(CC)c6ccccc65)C/C=C\C4)C/C(C#N)=C(/C#N)C3)C=C2)c2ccccc21. The van der Waals surface area contributed by atoms with Gasteiger partial charge in [0.25, 0.3) is 0 Å². The third kappa shape index (κ3) is 9.14. The molecule has 0 radical (unpaired) electrons. The van der Waals surface area contributed by atoms with Gasteiger partial charge in [-0.3, -0.25) is 0 Å². The smallest absolute Gasteiger partial charge is 0.0961 e. The summed E-state index contributed by atoms with van der Waals surface area (Å²) in [5, 5.41) is 22.5. The van der Waals surface area contributed by atoms with Gasteiger partial charge in [-0.05, 0) is 159 Å². The maximum Gasteiger partial charge on any atom is 0.0961 e. The Morgan fingerprint density at radius 2 is 0.974 bits per heavy atom. The van der Waals surface area contributed by atoms with Gasteiger partial charge in [-0.25, -0.2) is 0 Å². The third-order valence-corrected chi connectivity index (χ3v) is 16.6. The highest BCUT2D eigenvalue weighted by Crippen LogP contribution is 2.51. The molecule has 0 fully saturated rings. The van der Waals surface area contributed by atoms with E-state index >= 15 is 0 Å². The van der Waals surface area contributed by atoms with E-state index in [2.05, 4.69) is 255 Å². The number of allylic oxidation sites excluding steroid dienone is 14. The van der Waals surface area contributed by atoms with Crippen LogP contribution in [0.5, 0.6) is 0 Å². The zero-order chi connectivity index (χ0) is 52.2. The first-order valence-corrected chi connectivity index (χ1v) is 27.0. The molecule has 370 valence electrons. The van der Waals surface area contributed by atoms with Crippen LogP contribution in [-0.2, 0) is 23.7 Å². The van der Waals surface area contributed by atoms with E-state index in [9.17, 15) is 10.5 Å². The summed E-state index contributed by atoms with van der Waals surface area (Å²) in [6, 6.07) is 61.8. The van der Waals surface area contributed by atoms with E-state index in [0.717, 1.165) is 99.4 Å². The van der Waals surface area contributed by atoms with Crippen LogP contribution in [0.1, 0.15) is 99.6 Å². The molecule has 6 aromatic rings. The average molecular weight is 983 g/mol. The number of nitrogens with zero attached hydrogens (tertiary/aromatic N) is 4. The number of hydrogen-bond donors (Lipinski definition) is 0. The second-order valence-corrected chi connectivity index (χ2v) is 21.1. The molecule has 0 amide bonds. The maximum absolute atomic E-state index is 11.2. The Balaban J connectivity index is 1.14. The highest BCUT2D eigenvalue weighted by atomic mass is 15.2. The number of fused-ring (bicyclic) bond motifs is 4. The van der Waals surface area contributed by atoms with Crippen LogP contribution in [-0.4, -0.2) is 0 Å². The van der Waals surface area contributed by atoms with Crippen molar-refractivity contribution in [1.82, 2.24) is 0 Å². The van der Waals surface area contributed by atoms with Gasteiger partial charge in [0, 0.05) is 58.7 Å². The van der Waals surface area contributed by atoms with Crippen molar-refractivity contribution in [2.45, 2.75) is 89.9 Å². The Hall–Kier alpha value is -8.88. The summed E-state index contributed by atoms with van der Waals surface area (Å²) >= 11 is 0. The molecular weight excluding hydrogens is 921 g/mol. The van der Waals surface area contributed by atoms with Crippen molar-refractivity contribution < 1.29 is 0 Å². The summed E-state index contributed by atoms with van der Waals surface area (Å²) in [7, 11) is 0. The van der Waals surface area contributed by atoms with Gasteiger partial charge in [0.15, 0.2) is 0 Å². The van der Waals surface area contributed by atoms with Gasteiger partial charge >= 0.3 is 0 Å². The summed E-state index contributed by atoms with van der Waals surface area (Å²) in [6.45, 7) is 9.39. The highest BCUT2D eigenvalue weighted by molar-refractivity contribution is 6.10. The topological polar surface area (TPSA) is 54.1 Å². The van der Waals surface area contributed by atoms with Crippen molar-refractivity contribution in [3.63, 3.8) is 0 Å². The molecular formula is C72H62N4. The van der Waals surface area contributed by atoms with E-state index in [1.807, 2.05) is 12.2 Å². The minimum absolute atomic E-state index is 0.0456. The highest BCUT2D eigenvalue weighted by Gasteiger charge is 2.37. The van der Waals surface area contributed by atoms with Crippen molar-refractivity contribution in [2.75, 3.05) is 9.80 Å². The van der Waals surface area contributed by atoms with Gasteiger partial charge in [0.2, 0.25) is 0 Å². The number of rotatable bonds is 8. The second-order valence-electron chi connectivity index (χ2n) is 21.1. The molecule has 76 heavy (non-hydrogen) atoms. The van der Waals surface area contributed by atoms with Gasteiger partial charge in [0.05, 0.1) is 23.5 Å². The minimum atomic E-state index is -0.0771. The summed E-state index contributed by atoms with van der Waals surface area (Å²) in [5.41, 5.74) is 28.1. The number of anilines is 4. The largest absolute Gasteiger partial charge is 0.313 e. The second kappa shape index (κ2) is 21.2. The molecule has 0 aromatic heterocycles. The summed E-state index contributed by atoms with van der Waals surface area (Å²) in [4.78, 5) is 4.85. The molecule has 0 saturated heterocycles. The Labute approximate surface area is 450 Å². The first-order valence-electron chi connectivity index (χ1n) is 27.0. The Morgan fingerprint density at radius 3 is 1.55 bits per heavy atom. The maximum atomic E-state index is 11.2. The molecule has 2 unspecified atom stereocenters. The van der Waals surface area contributed by atoms with E-state index in [4.69, 9.17) is 0 Å². The number of nitriles is 2. The van der Waals surface area contributed by atoms with Crippen molar-refractivity contribution in [3.8, 4) is 12.1 Å². The molecule has 0 N–H and O–H groups in total. The predicted octanol–water partition coefficient (Wildman–Crippen LogP) is 18.0. The standard InChI is InChI=1S/C72H62N4/c1-5-71(3)47-55-31-15-21-37-65(55)75(67-39-23-19-35-63(67)71)59-33-17-13-25-51(41-43-59)61-45-57(49-73)58(50-74)46-62(70(54-29-11-8-12-30-54)69(61)53-27-9-7-10-28-53)52-26-14-18-34-60(44-42-52)76-66-38-22-16-32-56(66)48-72(4,6-2)64-36-20-24-40-68(64)76/h7-24,27-32,35-44H,5-6,25,33,45-48H2,1-4H3/b17-13-,44-42?,51-41+,58-57-,59-43+,69-61+,70-62+. The van der Waals surface area contributed by atoms with Crippen LogP contribution in [0.25, 0.3) is 11.1 Å². The molecule has 6 aromatic carbocycles. The van der Waals surface area contributed by atoms with E-state index in [1.165, 1.54) is 33.6 Å². The van der Waals surface area contributed by atoms with Crippen LogP contribution in [0.4, 0.5) is 22.7 Å². The molecule has 2 aliphatic heterocycles. The monoisotopic (exact) mass is 982 g/mol. The molecule has 0 spiro atoms. The summed E-state index contributed by atoms with van der Waals surface area (Å²) in [5.74, 6) is 0.